The summed E-state index contributed by atoms with van der Waals surface area (Å²) >= 11 is 1.69. The first-order chi connectivity index (χ1) is 24.0. The number of amides is 2. The molecule has 0 radical (unpaired) electrons. The number of urea groups is 1. The highest BCUT2D eigenvalue weighted by Crippen LogP contribution is 2.55. The van der Waals surface area contributed by atoms with Gasteiger partial charge in [0.05, 0.1) is 23.8 Å². The lowest BCUT2D eigenvalue weighted by atomic mass is 9.53. The molecule has 1 aliphatic heterocycles. The Balaban J connectivity index is 0.947. The summed E-state index contributed by atoms with van der Waals surface area (Å²) < 4.78 is 13.1. The second-order valence-electron chi connectivity index (χ2n) is 14.6. The topological polar surface area (TPSA) is 92.7 Å². The maximum Gasteiger partial charge on any atom is 0.315 e. The van der Waals surface area contributed by atoms with Crippen LogP contribution in [-0.4, -0.2) is 33.5 Å². The highest BCUT2D eigenvalue weighted by Gasteiger charge is 2.51. The number of rotatable bonds is 10. The molecule has 254 valence electrons. The molecule has 2 heterocycles. The van der Waals surface area contributed by atoms with Crippen LogP contribution in [-0.2, 0) is 22.6 Å². The van der Waals surface area contributed by atoms with E-state index in [0.29, 0.717) is 6.54 Å². The normalized spacial score (nSPS) is 28.7. The van der Waals surface area contributed by atoms with Gasteiger partial charge in [0.1, 0.15) is 0 Å². The molecular weight excluding hydrogens is 631 g/mol. The molecule has 1 saturated heterocycles. The second kappa shape index (κ2) is 14.3. The maximum atomic E-state index is 13.2. The van der Waals surface area contributed by atoms with Crippen LogP contribution in [0.5, 0.6) is 0 Å². The van der Waals surface area contributed by atoms with Crippen molar-refractivity contribution in [2.24, 2.45) is 17.8 Å². The van der Waals surface area contributed by atoms with Crippen LogP contribution < -0.4 is 10.6 Å². The third kappa shape index (κ3) is 7.43. The maximum absolute atomic E-state index is 13.2. The van der Waals surface area contributed by atoms with Crippen LogP contribution in [0.3, 0.4) is 0 Å². The molecule has 2 amide bonds. The van der Waals surface area contributed by atoms with Crippen LogP contribution in [0.25, 0.3) is 11.1 Å². The van der Waals surface area contributed by atoms with Crippen LogP contribution in [0.2, 0.25) is 0 Å². The zero-order valence-electron chi connectivity index (χ0n) is 27.8. The molecule has 7 nitrogen and oxygen atoms in total. The molecule has 9 rings (SSSR count). The van der Waals surface area contributed by atoms with Crippen molar-refractivity contribution in [3.63, 3.8) is 0 Å². The Hall–Kier alpha value is -3.69. The smallest absolute Gasteiger partial charge is 0.315 e. The van der Waals surface area contributed by atoms with Crippen molar-refractivity contribution < 1.29 is 19.4 Å². The summed E-state index contributed by atoms with van der Waals surface area (Å²) in [6.45, 7) is 0.485. The van der Waals surface area contributed by atoms with Crippen LogP contribution in [0, 0.1) is 17.8 Å². The van der Waals surface area contributed by atoms with Gasteiger partial charge in [-0.15, -0.1) is 11.8 Å². The van der Waals surface area contributed by atoms with Gasteiger partial charge in [-0.25, -0.2) is 9.78 Å². The number of ether oxygens (including phenoxy) is 2. The largest absolute Gasteiger partial charge is 0.392 e. The van der Waals surface area contributed by atoms with Gasteiger partial charge in [-0.3, -0.25) is 0 Å². The molecule has 0 spiro atoms. The monoisotopic (exact) mass is 675 g/mol. The zero-order valence-corrected chi connectivity index (χ0v) is 28.6. The van der Waals surface area contributed by atoms with Gasteiger partial charge in [0.25, 0.3) is 0 Å². The Kier molecular flexibility index (Phi) is 9.47. The third-order valence-corrected chi connectivity index (χ3v) is 12.1. The lowest BCUT2D eigenvalue weighted by molar-refractivity contribution is -0.245. The number of hydrogen-bond acceptors (Lipinski definition) is 6. The molecule has 3 N–H and O–H groups in total. The predicted molar refractivity (Wildman–Crippen MR) is 192 cm³/mol. The molecular formula is C41H45N3O4S. The number of aliphatic hydroxyl groups is 1. The Morgan fingerprint density at radius 2 is 1.51 bits per heavy atom. The molecule has 5 aliphatic rings. The van der Waals surface area contributed by atoms with Gasteiger partial charge in [-0.1, -0.05) is 78.9 Å². The van der Waals surface area contributed by atoms with E-state index in [1.54, 1.807) is 11.8 Å². The Morgan fingerprint density at radius 1 is 0.816 bits per heavy atom. The van der Waals surface area contributed by atoms with Crippen LogP contribution in [0.1, 0.15) is 79.6 Å². The number of hydrogen-bond donors (Lipinski definition) is 3. The van der Waals surface area contributed by atoms with Crippen molar-refractivity contribution in [2.45, 2.75) is 87.2 Å². The Morgan fingerprint density at radius 3 is 2.20 bits per heavy atom. The fraction of sp³-hybridized carbons (Fsp3) is 0.415. The Bertz CT molecular complexity index is 1700. The van der Waals surface area contributed by atoms with E-state index in [1.807, 2.05) is 60.8 Å². The summed E-state index contributed by atoms with van der Waals surface area (Å²) in [7, 11) is 0. The van der Waals surface area contributed by atoms with E-state index in [1.165, 1.54) is 19.3 Å². The molecule has 4 aliphatic carbocycles. The van der Waals surface area contributed by atoms with Crippen molar-refractivity contribution >= 4 is 17.8 Å². The minimum atomic E-state index is -0.523. The van der Waals surface area contributed by atoms with Crippen molar-refractivity contribution in [1.82, 2.24) is 15.6 Å². The van der Waals surface area contributed by atoms with E-state index in [9.17, 15) is 9.90 Å². The number of nitrogens with one attached hydrogen (secondary N) is 2. The number of aromatic nitrogens is 1. The van der Waals surface area contributed by atoms with Gasteiger partial charge in [0.15, 0.2) is 6.29 Å². The summed E-state index contributed by atoms with van der Waals surface area (Å²) in [5.74, 6) is 3.14. The summed E-state index contributed by atoms with van der Waals surface area (Å²) in [5.41, 5.74) is 6.17. The van der Waals surface area contributed by atoms with E-state index in [4.69, 9.17) is 9.47 Å². The fourth-order valence-corrected chi connectivity index (χ4v) is 10.0. The van der Waals surface area contributed by atoms with E-state index < -0.39 is 6.29 Å². The first-order valence-electron chi connectivity index (χ1n) is 17.8. The van der Waals surface area contributed by atoms with Crippen LogP contribution >= 0.6 is 11.8 Å². The van der Waals surface area contributed by atoms with Crippen molar-refractivity contribution in [3.05, 3.63) is 119 Å². The number of carbonyl (C=O) groups is 1. The molecule has 49 heavy (non-hydrogen) atoms. The van der Waals surface area contributed by atoms with Crippen molar-refractivity contribution in [3.8, 4) is 11.1 Å². The van der Waals surface area contributed by atoms with Crippen molar-refractivity contribution in [2.75, 3.05) is 5.75 Å². The SMILES string of the molecule is O=C(NCc1ccccc1-c1ccc([C@H]2O[C@@H](CSc3ccccn3)C[C@@H](c3ccc(CO)cc3)O2)cc1)NC12CC3CC(CC(C3)C1)C2. The molecule has 8 heteroatoms. The highest BCUT2D eigenvalue weighted by molar-refractivity contribution is 7.99. The van der Waals surface area contributed by atoms with E-state index in [2.05, 4.69) is 52.0 Å². The number of aliphatic hydroxyl groups excluding tert-OH is 1. The lowest BCUT2D eigenvalue weighted by Gasteiger charge is -2.56. The van der Waals surface area contributed by atoms with Gasteiger partial charge in [-0.2, -0.15) is 0 Å². The molecule has 3 atom stereocenters. The van der Waals surface area contributed by atoms with E-state index in [0.717, 1.165) is 87.6 Å². The highest BCUT2D eigenvalue weighted by atomic mass is 32.2. The lowest BCUT2D eigenvalue weighted by Crippen LogP contribution is -2.61. The van der Waals surface area contributed by atoms with Crippen molar-refractivity contribution in [1.29, 1.82) is 0 Å². The minimum Gasteiger partial charge on any atom is -0.392 e. The third-order valence-electron chi connectivity index (χ3n) is 11.0. The summed E-state index contributed by atoms with van der Waals surface area (Å²) in [5, 5.41) is 17.2. The molecule has 4 bridgehead atoms. The summed E-state index contributed by atoms with van der Waals surface area (Å²) in [6, 6.07) is 30.6. The van der Waals surface area contributed by atoms with Gasteiger partial charge in [0, 0.05) is 36.0 Å². The van der Waals surface area contributed by atoms with Gasteiger partial charge in [0.2, 0.25) is 0 Å². The standard InChI is InChI=1S/C41H45N3O4S/c45-25-27-8-10-32(11-9-27)37-20-35(26-49-38-7-3-4-16-42-38)47-39(48-37)33-14-12-31(13-15-33)36-6-2-1-5-34(36)24-43-40(46)44-41-21-28-17-29(22-41)19-30(18-28)23-41/h1-16,28-30,35,37,39,45H,17-26H2,(H2,43,44,46)/t28?,29?,30?,35-,37+,39+,41?/m1/s1. The second-order valence-corrected chi connectivity index (χ2v) is 15.7. The van der Waals surface area contributed by atoms with Gasteiger partial charge < -0.3 is 25.2 Å². The Labute approximate surface area is 293 Å². The zero-order chi connectivity index (χ0) is 33.2. The number of benzene rings is 3. The number of pyridine rings is 1. The van der Waals surface area contributed by atoms with Crippen LogP contribution in [0.15, 0.2) is 102 Å². The van der Waals surface area contributed by atoms with E-state index in [-0.39, 0.29) is 30.4 Å². The minimum absolute atomic E-state index is 0.00450. The van der Waals surface area contributed by atoms with Gasteiger partial charge >= 0.3 is 6.03 Å². The molecule has 4 saturated carbocycles. The number of nitrogens with zero attached hydrogens (tertiary/aromatic N) is 1. The molecule has 3 aromatic carbocycles. The molecule has 4 aromatic rings. The van der Waals surface area contributed by atoms with E-state index >= 15 is 0 Å². The first kappa shape index (κ1) is 32.5. The number of carbonyl (C=O) groups excluding carboxylic acids is 1. The number of thioether (sulfide) groups is 1. The quantitative estimate of drug-likeness (QED) is 0.146. The van der Waals surface area contributed by atoms with Gasteiger partial charge in [-0.05, 0) is 96.2 Å². The molecule has 1 aromatic heterocycles. The predicted octanol–water partition coefficient (Wildman–Crippen LogP) is 8.35. The average molecular weight is 676 g/mol. The average Bonchev–Trinajstić information content (AvgIpc) is 3.13. The molecule has 5 fully saturated rings. The van der Waals surface area contributed by atoms with Crippen LogP contribution in [0.4, 0.5) is 4.79 Å². The summed E-state index contributed by atoms with van der Waals surface area (Å²) in [6.07, 6.45) is 9.35. The first-order valence-corrected chi connectivity index (χ1v) is 18.8. The fourth-order valence-electron chi connectivity index (χ4n) is 9.13. The summed E-state index contributed by atoms with van der Waals surface area (Å²) in [4.78, 5) is 17.7. The molecule has 0 unspecified atom stereocenters.